The summed E-state index contributed by atoms with van der Waals surface area (Å²) in [6.45, 7) is 0. The summed E-state index contributed by atoms with van der Waals surface area (Å²) in [5.74, 6) is -1.68. The van der Waals surface area contributed by atoms with Crippen LogP contribution >= 0.6 is 0 Å². The second-order valence-corrected chi connectivity index (χ2v) is 5.16. The van der Waals surface area contributed by atoms with Gasteiger partial charge in [-0.05, 0) is 25.3 Å². The maximum absolute atomic E-state index is 12.1. The maximum Gasteiger partial charge on any atom is 0.310 e. The Morgan fingerprint density at radius 3 is 2.68 bits per heavy atom. The Balaban J connectivity index is 2.07. The fourth-order valence-corrected chi connectivity index (χ4v) is 2.58. The molecular weight excluding hydrogens is 292 g/mol. The Bertz CT molecular complexity index is 615. The van der Waals surface area contributed by atoms with Crippen LogP contribution in [0.1, 0.15) is 29.6 Å². The zero-order valence-electron chi connectivity index (χ0n) is 11.9. The average molecular weight is 308 g/mol. The number of carboxylic acids is 1. The van der Waals surface area contributed by atoms with Crippen molar-refractivity contribution in [1.82, 2.24) is 5.32 Å². The van der Waals surface area contributed by atoms with E-state index in [2.05, 4.69) is 5.32 Å². The number of nitro groups is 1. The van der Waals surface area contributed by atoms with Gasteiger partial charge >= 0.3 is 11.7 Å². The van der Waals surface area contributed by atoms with Gasteiger partial charge in [0.1, 0.15) is 0 Å². The molecule has 0 aliphatic heterocycles. The number of hydrogen-bond donors (Lipinski definition) is 2. The number of ether oxygens (including phenoxy) is 1. The molecule has 1 amide bonds. The Hall–Kier alpha value is -2.64. The van der Waals surface area contributed by atoms with Gasteiger partial charge in [0.2, 0.25) is 0 Å². The van der Waals surface area contributed by atoms with Gasteiger partial charge in [0.05, 0.1) is 18.0 Å². The molecule has 2 N–H and O–H groups in total. The van der Waals surface area contributed by atoms with Crippen molar-refractivity contribution in [2.75, 3.05) is 7.11 Å². The van der Waals surface area contributed by atoms with E-state index < -0.39 is 22.7 Å². The van der Waals surface area contributed by atoms with Gasteiger partial charge in [-0.15, -0.1) is 0 Å². The van der Waals surface area contributed by atoms with E-state index in [0.29, 0.717) is 19.3 Å². The van der Waals surface area contributed by atoms with Gasteiger partial charge in [0, 0.05) is 23.7 Å². The largest absolute Gasteiger partial charge is 0.490 e. The third kappa shape index (κ3) is 3.33. The lowest BCUT2D eigenvalue weighted by atomic mass is 10.1. The summed E-state index contributed by atoms with van der Waals surface area (Å²) in [5.41, 5.74) is 0.0204. The molecule has 1 fully saturated rings. The molecule has 0 heterocycles. The SMILES string of the molecule is COc1cc(C(=O)N[C@@H]2CC[C@H](C(=O)O)C2)ccc1[N+](=O)[O-]. The van der Waals surface area contributed by atoms with Crippen molar-refractivity contribution in [2.24, 2.45) is 5.92 Å². The number of hydrogen-bond acceptors (Lipinski definition) is 5. The lowest BCUT2D eigenvalue weighted by Gasteiger charge is -2.13. The van der Waals surface area contributed by atoms with Gasteiger partial charge in [-0.2, -0.15) is 0 Å². The number of amides is 1. The van der Waals surface area contributed by atoms with Crippen LogP contribution in [0.2, 0.25) is 0 Å². The number of aliphatic carboxylic acids is 1. The number of carbonyl (C=O) groups is 2. The number of benzene rings is 1. The van der Waals surface area contributed by atoms with E-state index in [0.717, 1.165) is 0 Å². The molecular formula is C14H16N2O6. The summed E-state index contributed by atoms with van der Waals surface area (Å²) >= 11 is 0. The Kier molecular flexibility index (Phi) is 4.59. The summed E-state index contributed by atoms with van der Waals surface area (Å²) in [5, 5.41) is 22.5. The van der Waals surface area contributed by atoms with Crippen LogP contribution in [0.3, 0.4) is 0 Å². The van der Waals surface area contributed by atoms with E-state index in [1.165, 1.54) is 25.3 Å². The summed E-state index contributed by atoms with van der Waals surface area (Å²) in [6, 6.07) is 3.66. The molecule has 0 saturated heterocycles. The Labute approximate surface area is 126 Å². The minimum atomic E-state index is -0.853. The van der Waals surface area contributed by atoms with E-state index in [9.17, 15) is 19.7 Å². The molecule has 1 aromatic carbocycles. The average Bonchev–Trinajstić information content (AvgIpc) is 2.95. The Morgan fingerprint density at radius 2 is 2.14 bits per heavy atom. The number of methoxy groups -OCH3 is 1. The molecule has 1 aliphatic carbocycles. The molecule has 0 bridgehead atoms. The highest BCUT2D eigenvalue weighted by molar-refractivity contribution is 5.95. The second-order valence-electron chi connectivity index (χ2n) is 5.16. The van der Waals surface area contributed by atoms with Crippen LogP contribution in [0.25, 0.3) is 0 Å². The lowest BCUT2D eigenvalue weighted by molar-refractivity contribution is -0.385. The van der Waals surface area contributed by atoms with Crippen LogP contribution in [0.15, 0.2) is 18.2 Å². The zero-order chi connectivity index (χ0) is 16.3. The van der Waals surface area contributed by atoms with Crippen molar-refractivity contribution in [3.8, 4) is 5.75 Å². The summed E-state index contributed by atoms with van der Waals surface area (Å²) < 4.78 is 4.92. The number of carbonyl (C=O) groups excluding carboxylic acids is 1. The predicted octanol–water partition coefficient (Wildman–Crippen LogP) is 1.59. The zero-order valence-corrected chi connectivity index (χ0v) is 11.9. The van der Waals surface area contributed by atoms with Gasteiger partial charge < -0.3 is 15.2 Å². The van der Waals surface area contributed by atoms with E-state index in [1.807, 2.05) is 0 Å². The molecule has 1 aliphatic rings. The lowest BCUT2D eigenvalue weighted by Crippen LogP contribution is -2.33. The molecule has 1 aromatic rings. The highest BCUT2D eigenvalue weighted by Crippen LogP contribution is 2.29. The number of nitro benzene ring substituents is 1. The van der Waals surface area contributed by atoms with Crippen LogP contribution in [0, 0.1) is 16.0 Å². The summed E-state index contributed by atoms with van der Waals surface area (Å²) in [6.07, 6.45) is 1.53. The van der Waals surface area contributed by atoms with Gasteiger partial charge in [-0.25, -0.2) is 0 Å². The monoisotopic (exact) mass is 308 g/mol. The van der Waals surface area contributed by atoms with Gasteiger partial charge in [-0.3, -0.25) is 19.7 Å². The minimum Gasteiger partial charge on any atom is -0.490 e. The first-order valence-corrected chi connectivity index (χ1v) is 6.78. The van der Waals surface area contributed by atoms with E-state index in [4.69, 9.17) is 9.84 Å². The molecule has 8 heteroatoms. The smallest absolute Gasteiger partial charge is 0.310 e. The van der Waals surface area contributed by atoms with Crippen LogP contribution in [-0.2, 0) is 4.79 Å². The fourth-order valence-electron chi connectivity index (χ4n) is 2.58. The van der Waals surface area contributed by atoms with Gasteiger partial charge in [0.15, 0.2) is 5.75 Å². The minimum absolute atomic E-state index is 0.00693. The molecule has 0 radical (unpaired) electrons. The van der Waals surface area contributed by atoms with Crippen molar-refractivity contribution in [3.63, 3.8) is 0 Å². The van der Waals surface area contributed by atoms with Crippen molar-refractivity contribution in [1.29, 1.82) is 0 Å². The normalized spacial score (nSPS) is 20.4. The predicted molar refractivity (Wildman–Crippen MR) is 75.9 cm³/mol. The molecule has 118 valence electrons. The van der Waals surface area contributed by atoms with Crippen molar-refractivity contribution in [3.05, 3.63) is 33.9 Å². The maximum atomic E-state index is 12.1. The van der Waals surface area contributed by atoms with Crippen molar-refractivity contribution < 1.29 is 24.4 Å². The third-order valence-corrected chi connectivity index (χ3v) is 3.76. The third-order valence-electron chi connectivity index (χ3n) is 3.76. The van der Waals surface area contributed by atoms with E-state index in [-0.39, 0.29) is 23.0 Å². The Morgan fingerprint density at radius 1 is 1.41 bits per heavy atom. The molecule has 0 unspecified atom stereocenters. The summed E-state index contributed by atoms with van der Waals surface area (Å²) in [4.78, 5) is 33.3. The first-order chi connectivity index (χ1) is 10.4. The molecule has 22 heavy (non-hydrogen) atoms. The van der Waals surface area contributed by atoms with Crippen molar-refractivity contribution in [2.45, 2.75) is 25.3 Å². The van der Waals surface area contributed by atoms with Gasteiger partial charge in [-0.1, -0.05) is 0 Å². The van der Waals surface area contributed by atoms with Crippen LogP contribution in [0.5, 0.6) is 5.75 Å². The standard InChI is InChI=1S/C14H16N2O6/c1-22-12-7-8(3-5-11(12)16(20)21)13(17)15-10-4-2-9(6-10)14(18)19/h3,5,7,9-10H,2,4,6H2,1H3,(H,15,17)(H,18,19)/t9-,10+/m0/s1. The van der Waals surface area contributed by atoms with E-state index >= 15 is 0 Å². The van der Waals surface area contributed by atoms with Gasteiger partial charge in [0.25, 0.3) is 5.91 Å². The van der Waals surface area contributed by atoms with Crippen LogP contribution in [0.4, 0.5) is 5.69 Å². The first-order valence-electron chi connectivity index (χ1n) is 6.78. The van der Waals surface area contributed by atoms with Crippen LogP contribution in [-0.4, -0.2) is 35.1 Å². The number of nitrogens with one attached hydrogen (secondary N) is 1. The first kappa shape index (κ1) is 15.7. The number of carboxylic acid groups (broad SMARTS) is 1. The molecule has 0 aromatic heterocycles. The molecule has 0 spiro atoms. The highest BCUT2D eigenvalue weighted by atomic mass is 16.6. The second kappa shape index (κ2) is 6.42. The fraction of sp³-hybridized carbons (Fsp3) is 0.429. The molecule has 1 saturated carbocycles. The molecule has 2 rings (SSSR count). The number of nitrogens with zero attached hydrogens (tertiary/aromatic N) is 1. The number of rotatable bonds is 5. The summed E-state index contributed by atoms with van der Waals surface area (Å²) in [7, 11) is 1.29. The van der Waals surface area contributed by atoms with Crippen LogP contribution < -0.4 is 10.1 Å². The topological polar surface area (TPSA) is 119 Å². The molecule has 2 atom stereocenters. The highest BCUT2D eigenvalue weighted by Gasteiger charge is 2.31. The quantitative estimate of drug-likeness (QED) is 0.629. The van der Waals surface area contributed by atoms with E-state index in [1.54, 1.807) is 0 Å². The molecule has 8 nitrogen and oxygen atoms in total. The van der Waals surface area contributed by atoms with Crippen molar-refractivity contribution >= 4 is 17.6 Å².